The Labute approximate surface area is 157 Å². The zero-order valence-corrected chi connectivity index (χ0v) is 15.6. The van der Waals surface area contributed by atoms with E-state index in [1.165, 1.54) is 11.3 Å². The van der Waals surface area contributed by atoms with E-state index >= 15 is 0 Å². The maximum atomic E-state index is 5.73. The molecule has 3 rings (SSSR count). The molecule has 3 aromatic rings. The Balaban J connectivity index is 1.70. The largest absolute Gasteiger partial charge is 0.496 e. The highest BCUT2D eigenvalue weighted by Gasteiger charge is 2.09. The molecule has 0 aliphatic rings. The van der Waals surface area contributed by atoms with E-state index in [0.29, 0.717) is 11.7 Å². The summed E-state index contributed by atoms with van der Waals surface area (Å²) < 4.78 is 11.1. The van der Waals surface area contributed by atoms with Gasteiger partial charge in [0.1, 0.15) is 11.5 Å². The number of benzene rings is 2. The minimum atomic E-state index is 0.688. The molecule has 0 fully saturated rings. The molecule has 0 unspecified atom stereocenters. The standard InChI is InChI=1S/C20H21N3O2S/c1-3-12-25-18-10-6-4-8-15(18)13-21-23-20-22-17(14-26-20)16-9-5-7-11-19(16)24-2/h4-11,13-14H,3,12H2,1-2H3,(H,22,23)/b21-13-. The average molecular weight is 367 g/mol. The molecule has 6 heteroatoms. The maximum absolute atomic E-state index is 5.73. The van der Waals surface area contributed by atoms with Gasteiger partial charge in [0.25, 0.3) is 0 Å². The number of hydrogen-bond donors (Lipinski definition) is 1. The van der Waals surface area contributed by atoms with Gasteiger partial charge in [-0.05, 0) is 30.7 Å². The van der Waals surface area contributed by atoms with E-state index < -0.39 is 0 Å². The van der Waals surface area contributed by atoms with Gasteiger partial charge in [0, 0.05) is 16.5 Å². The monoisotopic (exact) mass is 367 g/mol. The summed E-state index contributed by atoms with van der Waals surface area (Å²) >= 11 is 1.49. The molecule has 0 aliphatic carbocycles. The summed E-state index contributed by atoms with van der Waals surface area (Å²) in [6.07, 6.45) is 2.71. The van der Waals surface area contributed by atoms with Crippen LogP contribution in [-0.4, -0.2) is 24.9 Å². The minimum Gasteiger partial charge on any atom is -0.496 e. The van der Waals surface area contributed by atoms with Crippen LogP contribution >= 0.6 is 11.3 Å². The second-order valence-corrected chi connectivity index (χ2v) is 6.35. The van der Waals surface area contributed by atoms with Gasteiger partial charge in [-0.15, -0.1) is 11.3 Å². The SMILES string of the molecule is CCCOc1ccccc1/C=N\Nc1nc(-c2ccccc2OC)cs1. The van der Waals surface area contributed by atoms with Crippen molar-refractivity contribution in [3.05, 3.63) is 59.5 Å². The van der Waals surface area contributed by atoms with Crippen LogP contribution in [0, 0.1) is 0 Å². The van der Waals surface area contributed by atoms with Gasteiger partial charge in [-0.25, -0.2) is 4.98 Å². The molecule has 0 saturated carbocycles. The summed E-state index contributed by atoms with van der Waals surface area (Å²) in [6.45, 7) is 2.77. The van der Waals surface area contributed by atoms with Crippen LogP contribution in [0.15, 0.2) is 59.0 Å². The van der Waals surface area contributed by atoms with Crippen LogP contribution in [-0.2, 0) is 0 Å². The number of ether oxygens (including phenoxy) is 2. The summed E-state index contributed by atoms with van der Waals surface area (Å²) in [5.74, 6) is 1.63. The number of nitrogens with one attached hydrogen (secondary N) is 1. The highest BCUT2D eigenvalue weighted by atomic mass is 32.1. The van der Waals surface area contributed by atoms with Crippen LogP contribution in [0.25, 0.3) is 11.3 Å². The number of rotatable bonds is 8. The Kier molecular flexibility index (Phi) is 6.22. The van der Waals surface area contributed by atoms with Crippen molar-refractivity contribution >= 4 is 22.7 Å². The van der Waals surface area contributed by atoms with E-state index in [4.69, 9.17) is 9.47 Å². The quantitative estimate of drug-likeness (QED) is 0.447. The van der Waals surface area contributed by atoms with Crippen LogP contribution in [0.5, 0.6) is 11.5 Å². The van der Waals surface area contributed by atoms with E-state index in [9.17, 15) is 0 Å². The number of aromatic nitrogens is 1. The number of methoxy groups -OCH3 is 1. The fraction of sp³-hybridized carbons (Fsp3) is 0.200. The van der Waals surface area contributed by atoms with Gasteiger partial charge in [-0.1, -0.05) is 31.2 Å². The lowest BCUT2D eigenvalue weighted by Gasteiger charge is -2.07. The van der Waals surface area contributed by atoms with Crippen LogP contribution in [0.3, 0.4) is 0 Å². The molecule has 1 heterocycles. The molecular weight excluding hydrogens is 346 g/mol. The Morgan fingerprint density at radius 2 is 1.88 bits per heavy atom. The molecule has 0 amide bonds. The number of anilines is 1. The molecule has 0 spiro atoms. The number of thiazole rings is 1. The number of para-hydroxylation sites is 2. The molecule has 0 aliphatic heterocycles. The molecule has 0 radical (unpaired) electrons. The normalized spacial score (nSPS) is 10.8. The zero-order valence-electron chi connectivity index (χ0n) is 14.8. The van der Waals surface area contributed by atoms with Gasteiger partial charge in [0.15, 0.2) is 0 Å². The molecule has 26 heavy (non-hydrogen) atoms. The molecule has 134 valence electrons. The van der Waals surface area contributed by atoms with Crippen LogP contribution in [0.2, 0.25) is 0 Å². The first kappa shape index (κ1) is 17.9. The first-order valence-corrected chi connectivity index (χ1v) is 9.29. The van der Waals surface area contributed by atoms with E-state index in [-0.39, 0.29) is 0 Å². The third-order valence-electron chi connectivity index (χ3n) is 3.63. The second kappa shape index (κ2) is 9.01. The van der Waals surface area contributed by atoms with Crippen LogP contribution < -0.4 is 14.9 Å². The molecule has 0 saturated heterocycles. The van der Waals surface area contributed by atoms with Crippen molar-refractivity contribution in [1.82, 2.24) is 4.98 Å². The molecule has 0 bridgehead atoms. The molecule has 5 nitrogen and oxygen atoms in total. The summed E-state index contributed by atoms with van der Waals surface area (Å²) in [5.41, 5.74) is 5.73. The van der Waals surface area contributed by atoms with Gasteiger partial charge >= 0.3 is 0 Å². The zero-order chi connectivity index (χ0) is 18.2. The number of hydrogen-bond acceptors (Lipinski definition) is 6. The Hall–Kier alpha value is -2.86. The lowest BCUT2D eigenvalue weighted by molar-refractivity contribution is 0.317. The molecule has 1 N–H and O–H groups in total. The Morgan fingerprint density at radius 3 is 2.69 bits per heavy atom. The van der Waals surface area contributed by atoms with Crippen molar-refractivity contribution < 1.29 is 9.47 Å². The fourth-order valence-corrected chi connectivity index (χ4v) is 3.05. The second-order valence-electron chi connectivity index (χ2n) is 5.49. The van der Waals surface area contributed by atoms with Gasteiger partial charge in [-0.3, -0.25) is 5.43 Å². The van der Waals surface area contributed by atoms with Crippen LogP contribution in [0.1, 0.15) is 18.9 Å². The summed E-state index contributed by atoms with van der Waals surface area (Å²) in [7, 11) is 1.66. The van der Waals surface area contributed by atoms with E-state index in [2.05, 4.69) is 22.4 Å². The third-order valence-corrected chi connectivity index (χ3v) is 4.38. The summed E-state index contributed by atoms with van der Waals surface area (Å²) in [4.78, 5) is 4.57. The molecule has 2 aromatic carbocycles. The number of nitrogens with zero attached hydrogens (tertiary/aromatic N) is 2. The van der Waals surface area contributed by atoms with Crippen molar-refractivity contribution in [1.29, 1.82) is 0 Å². The maximum Gasteiger partial charge on any atom is 0.203 e. The van der Waals surface area contributed by atoms with Gasteiger partial charge in [0.05, 0.1) is 25.6 Å². The highest BCUT2D eigenvalue weighted by molar-refractivity contribution is 7.14. The van der Waals surface area contributed by atoms with Crippen LogP contribution in [0.4, 0.5) is 5.13 Å². The minimum absolute atomic E-state index is 0.688. The van der Waals surface area contributed by atoms with E-state index in [1.807, 2.05) is 53.9 Å². The lowest BCUT2D eigenvalue weighted by atomic mass is 10.1. The van der Waals surface area contributed by atoms with Gasteiger partial charge < -0.3 is 9.47 Å². The Morgan fingerprint density at radius 1 is 1.12 bits per heavy atom. The summed E-state index contributed by atoms with van der Waals surface area (Å²) in [6, 6.07) is 15.7. The topological polar surface area (TPSA) is 55.7 Å². The molecular formula is C20H21N3O2S. The lowest BCUT2D eigenvalue weighted by Crippen LogP contribution is -1.99. The first-order chi connectivity index (χ1) is 12.8. The Bertz CT molecular complexity index is 877. The smallest absolute Gasteiger partial charge is 0.203 e. The van der Waals surface area contributed by atoms with Crippen molar-refractivity contribution in [2.45, 2.75) is 13.3 Å². The van der Waals surface area contributed by atoms with Crippen molar-refractivity contribution in [3.63, 3.8) is 0 Å². The highest BCUT2D eigenvalue weighted by Crippen LogP contribution is 2.31. The van der Waals surface area contributed by atoms with Crippen molar-refractivity contribution in [2.24, 2.45) is 5.10 Å². The number of hydrazone groups is 1. The summed E-state index contributed by atoms with van der Waals surface area (Å²) in [5, 5.41) is 6.99. The van der Waals surface area contributed by atoms with Crippen molar-refractivity contribution in [3.8, 4) is 22.8 Å². The predicted molar refractivity (Wildman–Crippen MR) is 108 cm³/mol. The third kappa shape index (κ3) is 4.40. The molecule has 0 atom stereocenters. The van der Waals surface area contributed by atoms with Crippen molar-refractivity contribution in [2.75, 3.05) is 19.1 Å². The van der Waals surface area contributed by atoms with E-state index in [0.717, 1.165) is 34.7 Å². The average Bonchev–Trinajstić information content (AvgIpc) is 3.16. The van der Waals surface area contributed by atoms with E-state index in [1.54, 1.807) is 13.3 Å². The predicted octanol–water partition coefficient (Wildman–Crippen LogP) is 5.05. The van der Waals surface area contributed by atoms with Gasteiger partial charge in [0.2, 0.25) is 5.13 Å². The fourth-order valence-electron chi connectivity index (χ4n) is 2.39. The first-order valence-electron chi connectivity index (χ1n) is 8.41. The van der Waals surface area contributed by atoms with Gasteiger partial charge in [-0.2, -0.15) is 5.10 Å². The molecule has 1 aromatic heterocycles.